The number of carbonyl (C=O) groups excluding carboxylic acids is 1. The number of benzene rings is 2. The van der Waals surface area contributed by atoms with Gasteiger partial charge in [-0.25, -0.2) is 13.8 Å². The Morgan fingerprint density at radius 3 is 2.24 bits per heavy atom. The van der Waals surface area contributed by atoms with Gasteiger partial charge in [-0.2, -0.15) is 5.10 Å². The lowest BCUT2D eigenvalue weighted by Gasteiger charge is -2.21. The minimum Gasteiger partial charge on any atom is -0.318 e. The van der Waals surface area contributed by atoms with Crippen LogP contribution in [0.2, 0.25) is 0 Å². The van der Waals surface area contributed by atoms with Crippen LogP contribution in [-0.2, 0) is 14.8 Å². The Kier molecular flexibility index (Phi) is 7.44. The van der Waals surface area contributed by atoms with Gasteiger partial charge >= 0.3 is 0 Å². The maximum absolute atomic E-state index is 12.4. The number of nitrogens with zero attached hydrogens (tertiary/aromatic N) is 3. The van der Waals surface area contributed by atoms with Crippen molar-refractivity contribution in [1.29, 1.82) is 0 Å². The molecule has 0 saturated heterocycles. The molecular weight excluding hydrogens is 504 g/mol. The average Bonchev–Trinajstić information content (AvgIpc) is 2.98. The van der Waals surface area contributed by atoms with Crippen LogP contribution >= 0.6 is 15.9 Å². The third-order valence-corrected chi connectivity index (χ3v) is 6.80. The molecule has 0 atom stereocenters. The van der Waals surface area contributed by atoms with E-state index in [1.807, 2.05) is 19.9 Å². The molecule has 3 rings (SSSR count). The lowest BCUT2D eigenvalue weighted by atomic mass is 10.1. The Hall–Kier alpha value is -2.91. The van der Waals surface area contributed by atoms with Crippen LogP contribution in [0.25, 0.3) is 5.69 Å². The minimum absolute atomic E-state index is 0.376. The van der Waals surface area contributed by atoms with Crippen molar-refractivity contribution in [2.45, 2.75) is 27.7 Å². The number of anilines is 1. The number of rotatable bonds is 7. The van der Waals surface area contributed by atoms with Crippen molar-refractivity contribution in [3.05, 3.63) is 81.1 Å². The monoisotopic (exact) mass is 530 g/mol. The number of hydrogen-bond acceptors (Lipinski definition) is 4. The molecule has 1 aromatic heterocycles. The fourth-order valence-corrected chi connectivity index (χ4v) is 4.86. The number of aryl methyl sites for hydroxylation is 3. The second-order valence-electron chi connectivity index (χ2n) is 8.05. The van der Waals surface area contributed by atoms with E-state index in [1.54, 1.807) is 30.5 Å². The van der Waals surface area contributed by atoms with Crippen molar-refractivity contribution in [2.75, 3.05) is 17.1 Å². The lowest BCUT2D eigenvalue weighted by molar-refractivity contribution is -0.119. The Bertz CT molecular complexity index is 1290. The number of amides is 1. The fraction of sp³-hybridized carbons (Fsp3) is 0.250. The van der Waals surface area contributed by atoms with E-state index in [4.69, 9.17) is 0 Å². The molecule has 7 nitrogen and oxygen atoms in total. The van der Waals surface area contributed by atoms with Crippen molar-refractivity contribution in [3.63, 3.8) is 0 Å². The van der Waals surface area contributed by atoms with E-state index in [9.17, 15) is 13.2 Å². The van der Waals surface area contributed by atoms with Gasteiger partial charge in [-0.15, -0.1) is 0 Å². The van der Waals surface area contributed by atoms with E-state index in [2.05, 4.69) is 63.1 Å². The summed E-state index contributed by atoms with van der Waals surface area (Å²) < 4.78 is 28.4. The van der Waals surface area contributed by atoms with Gasteiger partial charge in [-0.05, 0) is 81.3 Å². The van der Waals surface area contributed by atoms with E-state index in [1.165, 1.54) is 11.1 Å². The summed E-state index contributed by atoms with van der Waals surface area (Å²) in [4.78, 5) is 12.4. The summed E-state index contributed by atoms with van der Waals surface area (Å²) in [5.41, 5.74) is 9.17. The molecule has 0 fully saturated rings. The molecule has 1 amide bonds. The number of halogens is 1. The van der Waals surface area contributed by atoms with Crippen LogP contribution in [0.15, 0.2) is 58.1 Å². The molecule has 2 aromatic carbocycles. The zero-order valence-corrected chi connectivity index (χ0v) is 21.7. The third-order valence-electron chi connectivity index (χ3n) is 5.13. The molecule has 0 unspecified atom stereocenters. The highest BCUT2D eigenvalue weighted by molar-refractivity contribution is 9.10. The van der Waals surface area contributed by atoms with Crippen LogP contribution in [0.5, 0.6) is 0 Å². The summed E-state index contributed by atoms with van der Waals surface area (Å²) in [6.45, 7) is 7.77. The van der Waals surface area contributed by atoms with Crippen molar-refractivity contribution in [2.24, 2.45) is 5.10 Å². The Morgan fingerprint density at radius 2 is 1.67 bits per heavy atom. The molecule has 1 N–H and O–H groups in total. The highest BCUT2D eigenvalue weighted by Gasteiger charge is 2.20. The largest absolute Gasteiger partial charge is 0.318 e. The second-order valence-corrected chi connectivity index (χ2v) is 10.9. The first-order valence-corrected chi connectivity index (χ1v) is 12.9. The van der Waals surface area contributed by atoms with Crippen LogP contribution in [0.1, 0.15) is 28.1 Å². The van der Waals surface area contributed by atoms with Gasteiger partial charge in [0.15, 0.2) is 0 Å². The molecule has 33 heavy (non-hydrogen) atoms. The standard InChI is InChI=1S/C24H27BrN4O3S/c1-16-10-17(2)12-23(11-16)29-18(3)13-20(19(29)4)14-26-27-24(30)15-28(33(5,31)32)22-8-6-21(25)7-9-22/h6-14H,15H2,1-5H3,(H,27,30)/b26-14-. The van der Waals surface area contributed by atoms with Crippen LogP contribution in [0.3, 0.4) is 0 Å². The molecule has 1 heterocycles. The van der Waals surface area contributed by atoms with Gasteiger partial charge in [-0.1, -0.05) is 22.0 Å². The molecule has 0 bridgehead atoms. The molecule has 9 heteroatoms. The highest BCUT2D eigenvalue weighted by Crippen LogP contribution is 2.22. The predicted octanol–water partition coefficient (Wildman–Crippen LogP) is 4.39. The van der Waals surface area contributed by atoms with Gasteiger partial charge in [-0.3, -0.25) is 9.10 Å². The first-order valence-electron chi connectivity index (χ1n) is 10.3. The molecule has 174 valence electrons. The van der Waals surface area contributed by atoms with Gasteiger partial charge in [0.1, 0.15) is 6.54 Å². The number of hydrogen-bond donors (Lipinski definition) is 1. The summed E-state index contributed by atoms with van der Waals surface area (Å²) in [6.07, 6.45) is 2.64. The number of carbonyl (C=O) groups is 1. The van der Waals surface area contributed by atoms with Crippen LogP contribution in [0.4, 0.5) is 5.69 Å². The smallest absolute Gasteiger partial charge is 0.260 e. The molecule has 0 aliphatic rings. The zero-order valence-electron chi connectivity index (χ0n) is 19.3. The van der Waals surface area contributed by atoms with Crippen molar-refractivity contribution >= 4 is 43.8 Å². The highest BCUT2D eigenvalue weighted by atomic mass is 79.9. The number of nitrogens with one attached hydrogen (secondary N) is 1. The van der Waals surface area contributed by atoms with E-state index in [0.717, 1.165) is 37.7 Å². The van der Waals surface area contributed by atoms with Crippen LogP contribution in [-0.4, -0.2) is 37.9 Å². The predicted molar refractivity (Wildman–Crippen MR) is 137 cm³/mol. The fourth-order valence-electron chi connectivity index (χ4n) is 3.74. The molecule has 0 radical (unpaired) electrons. The topological polar surface area (TPSA) is 83.8 Å². The molecule has 0 aliphatic carbocycles. The van der Waals surface area contributed by atoms with E-state index in [-0.39, 0.29) is 6.54 Å². The van der Waals surface area contributed by atoms with Gasteiger partial charge in [0.2, 0.25) is 10.0 Å². The lowest BCUT2D eigenvalue weighted by Crippen LogP contribution is -2.39. The zero-order chi connectivity index (χ0) is 24.3. The average molecular weight is 531 g/mol. The first kappa shape index (κ1) is 24.7. The van der Waals surface area contributed by atoms with Gasteiger partial charge in [0, 0.05) is 27.1 Å². The Morgan fingerprint density at radius 1 is 1.06 bits per heavy atom. The summed E-state index contributed by atoms with van der Waals surface area (Å²) in [7, 11) is -3.65. The maximum atomic E-state index is 12.4. The Balaban J connectivity index is 1.75. The molecular formula is C24H27BrN4O3S. The molecule has 0 spiro atoms. The number of sulfonamides is 1. The SMILES string of the molecule is Cc1cc(C)cc(-n2c(C)cc(/C=N\NC(=O)CN(c3ccc(Br)cc3)S(C)(=O)=O)c2C)c1. The van der Waals surface area contributed by atoms with Crippen LogP contribution in [0, 0.1) is 27.7 Å². The summed E-state index contributed by atoms with van der Waals surface area (Å²) in [5.74, 6) is -0.539. The van der Waals surface area contributed by atoms with E-state index >= 15 is 0 Å². The number of hydrazone groups is 1. The van der Waals surface area contributed by atoms with Crippen LogP contribution < -0.4 is 9.73 Å². The van der Waals surface area contributed by atoms with Crippen molar-refractivity contribution < 1.29 is 13.2 Å². The third kappa shape index (κ3) is 6.11. The summed E-state index contributed by atoms with van der Waals surface area (Å²) in [5, 5.41) is 4.06. The van der Waals surface area contributed by atoms with Crippen molar-refractivity contribution in [1.82, 2.24) is 9.99 Å². The van der Waals surface area contributed by atoms with Gasteiger partial charge in [0.25, 0.3) is 5.91 Å². The van der Waals surface area contributed by atoms with Gasteiger partial charge < -0.3 is 4.57 Å². The van der Waals surface area contributed by atoms with E-state index in [0.29, 0.717) is 5.69 Å². The first-order chi connectivity index (χ1) is 15.5. The summed E-state index contributed by atoms with van der Waals surface area (Å²) >= 11 is 3.32. The number of aromatic nitrogens is 1. The maximum Gasteiger partial charge on any atom is 0.260 e. The minimum atomic E-state index is -3.65. The van der Waals surface area contributed by atoms with Gasteiger partial charge in [0.05, 0.1) is 18.2 Å². The van der Waals surface area contributed by atoms with Crippen molar-refractivity contribution in [3.8, 4) is 5.69 Å². The normalized spacial score (nSPS) is 11.7. The van der Waals surface area contributed by atoms with E-state index < -0.39 is 15.9 Å². The summed E-state index contributed by atoms with van der Waals surface area (Å²) in [6, 6.07) is 15.1. The Labute approximate surface area is 203 Å². The molecule has 3 aromatic rings. The second kappa shape index (κ2) is 9.93. The molecule has 0 saturated carbocycles. The molecule has 0 aliphatic heterocycles. The quantitative estimate of drug-likeness (QED) is 0.363.